The van der Waals surface area contributed by atoms with E-state index in [9.17, 15) is 9.18 Å². The zero-order valence-corrected chi connectivity index (χ0v) is 24.6. The molecule has 5 rings (SSSR count). The molecule has 3 heterocycles. The van der Waals surface area contributed by atoms with E-state index >= 15 is 0 Å². The topological polar surface area (TPSA) is 84.8 Å². The maximum atomic E-state index is 14.4. The fourth-order valence-corrected chi connectivity index (χ4v) is 5.41. The number of benzene rings is 2. The minimum atomic E-state index is -0.302. The fraction of sp³-hybridized carbons (Fsp3) is 0.344. The molecule has 0 spiro atoms. The Hall–Kier alpha value is -4.28. The summed E-state index contributed by atoms with van der Waals surface area (Å²) in [4.78, 5) is 26.0. The van der Waals surface area contributed by atoms with Crippen LogP contribution in [0.1, 0.15) is 17.1 Å². The number of carbonyl (C=O) groups is 1. The summed E-state index contributed by atoms with van der Waals surface area (Å²) in [6, 6.07) is 10.6. The normalized spacial score (nSPS) is 13.1. The minimum absolute atomic E-state index is 0.287. The van der Waals surface area contributed by atoms with Gasteiger partial charge in [-0.1, -0.05) is 6.58 Å². The molecule has 1 aliphatic rings. The summed E-state index contributed by atoms with van der Waals surface area (Å²) in [5, 5.41) is 3.77. The Morgan fingerprint density at radius 2 is 2.02 bits per heavy atom. The second kappa shape index (κ2) is 12.7. The molecule has 1 N–H and O–H groups in total. The third-order valence-corrected chi connectivity index (χ3v) is 7.52. The lowest BCUT2D eigenvalue weighted by Gasteiger charge is -2.25. The lowest BCUT2D eigenvalue weighted by Crippen LogP contribution is -2.29. The van der Waals surface area contributed by atoms with Crippen molar-refractivity contribution in [1.82, 2.24) is 19.4 Å². The van der Waals surface area contributed by atoms with Crippen LogP contribution in [0.25, 0.3) is 22.2 Å². The molecule has 0 radical (unpaired) electrons. The Bertz CT molecular complexity index is 1620. The van der Waals surface area contributed by atoms with E-state index in [1.54, 1.807) is 19.4 Å². The summed E-state index contributed by atoms with van der Waals surface area (Å²) in [5.74, 6) is 0.651. The molecule has 4 aromatic rings. The lowest BCUT2D eigenvalue weighted by molar-refractivity contribution is -0.111. The van der Waals surface area contributed by atoms with Crippen molar-refractivity contribution in [3.8, 4) is 17.0 Å². The molecule has 42 heavy (non-hydrogen) atoms. The van der Waals surface area contributed by atoms with Crippen molar-refractivity contribution in [2.75, 3.05) is 64.8 Å². The molecule has 9 nitrogen and oxygen atoms in total. The molecule has 0 aliphatic carbocycles. The first-order valence-electron chi connectivity index (χ1n) is 14.0. The predicted octanol–water partition coefficient (Wildman–Crippen LogP) is 4.53. The van der Waals surface area contributed by atoms with Crippen LogP contribution in [0, 0.1) is 5.82 Å². The number of likely N-dealkylation sites (N-methyl/N-ethyl adjacent to an activating group) is 2. The molecule has 1 amide bonds. The number of fused-ring (bicyclic) bond motifs is 3. The fourth-order valence-electron chi connectivity index (χ4n) is 5.41. The Balaban J connectivity index is 1.55. The van der Waals surface area contributed by atoms with Gasteiger partial charge in [-0.2, -0.15) is 0 Å². The number of rotatable bonds is 10. The van der Waals surface area contributed by atoms with E-state index < -0.39 is 0 Å². The first kappa shape index (κ1) is 29.2. The molecule has 0 saturated heterocycles. The summed E-state index contributed by atoms with van der Waals surface area (Å²) in [6.07, 6.45) is 4.05. The number of carbonyl (C=O) groups excluding carboxylic acids is 1. The van der Waals surface area contributed by atoms with Crippen LogP contribution in [-0.4, -0.2) is 79.9 Å². The molecule has 10 heteroatoms. The number of aromatic nitrogens is 3. The van der Waals surface area contributed by atoms with Crippen molar-refractivity contribution in [2.45, 2.75) is 19.4 Å². The largest absolute Gasteiger partial charge is 0.496 e. The van der Waals surface area contributed by atoms with E-state index in [2.05, 4.69) is 31.2 Å². The molecule has 0 fully saturated rings. The molecule has 220 valence electrons. The number of hydrogen-bond acceptors (Lipinski definition) is 7. The van der Waals surface area contributed by atoms with Crippen LogP contribution < -0.4 is 15.0 Å². The van der Waals surface area contributed by atoms with Crippen molar-refractivity contribution >= 4 is 28.2 Å². The lowest BCUT2D eigenvalue weighted by atomic mass is 10.0. The number of nitrogens with zero attached hydrogens (tertiary/aromatic N) is 5. The molecule has 2 aromatic heterocycles. The molecule has 1 aliphatic heterocycles. The standard InChI is InChI=1S/C32H37FN6O3/c1-6-31(40)36-25-17-21(29(41-5)20-28(25)38(4)13-12-37(2)3)18-30-34-11-9-24(35-30)32-23-19-22(33)7-8-26(23)39-14-16-42-15-10-27(32)39/h6-9,11,17,19-20H,1,10,12-16,18H2,2-5H3,(H,36,40). The van der Waals surface area contributed by atoms with Crippen LogP contribution >= 0.6 is 0 Å². The highest BCUT2D eigenvalue weighted by Gasteiger charge is 2.23. The second-order valence-electron chi connectivity index (χ2n) is 10.6. The van der Waals surface area contributed by atoms with Crippen molar-refractivity contribution in [1.29, 1.82) is 0 Å². The molecule has 0 saturated carbocycles. The van der Waals surface area contributed by atoms with Gasteiger partial charge in [-0.25, -0.2) is 14.4 Å². The number of anilines is 2. The van der Waals surface area contributed by atoms with E-state index in [0.29, 0.717) is 49.9 Å². The highest BCUT2D eigenvalue weighted by Crippen LogP contribution is 2.37. The zero-order chi connectivity index (χ0) is 29.8. The van der Waals surface area contributed by atoms with Gasteiger partial charge in [0.2, 0.25) is 5.91 Å². The monoisotopic (exact) mass is 572 g/mol. The van der Waals surface area contributed by atoms with Gasteiger partial charge in [-0.3, -0.25) is 4.79 Å². The van der Waals surface area contributed by atoms with E-state index in [-0.39, 0.29) is 11.7 Å². The quantitative estimate of drug-likeness (QED) is 0.280. The Morgan fingerprint density at radius 1 is 1.19 bits per heavy atom. The van der Waals surface area contributed by atoms with Gasteiger partial charge >= 0.3 is 0 Å². The average Bonchev–Trinajstić information content (AvgIpc) is 3.09. The molecular formula is C32H37FN6O3. The van der Waals surface area contributed by atoms with Crippen molar-refractivity contribution in [3.05, 3.63) is 78.1 Å². The van der Waals surface area contributed by atoms with Gasteiger partial charge in [0.05, 0.1) is 37.4 Å². The SMILES string of the molecule is C=CC(=O)Nc1cc(Cc2nccc(-c3c4n(c5ccc(F)cc35)CCOCC4)n2)c(OC)cc1N(C)CCN(C)C. The van der Waals surface area contributed by atoms with Gasteiger partial charge in [-0.15, -0.1) is 0 Å². The maximum absolute atomic E-state index is 14.4. The van der Waals surface area contributed by atoms with E-state index in [4.69, 9.17) is 14.5 Å². The van der Waals surface area contributed by atoms with Gasteiger partial charge in [-0.05, 0) is 50.5 Å². The Morgan fingerprint density at radius 3 is 2.79 bits per heavy atom. The molecule has 0 unspecified atom stereocenters. The molecular weight excluding hydrogens is 535 g/mol. The number of methoxy groups -OCH3 is 1. The van der Waals surface area contributed by atoms with Gasteiger partial charge in [0.15, 0.2) is 0 Å². The van der Waals surface area contributed by atoms with Crippen LogP contribution in [0.4, 0.5) is 15.8 Å². The van der Waals surface area contributed by atoms with Crippen LogP contribution in [0.2, 0.25) is 0 Å². The Labute approximate surface area is 245 Å². The third-order valence-electron chi connectivity index (χ3n) is 7.52. The first-order chi connectivity index (χ1) is 20.3. The van der Waals surface area contributed by atoms with Crippen molar-refractivity contribution in [3.63, 3.8) is 0 Å². The maximum Gasteiger partial charge on any atom is 0.247 e. The molecule has 2 aromatic carbocycles. The van der Waals surface area contributed by atoms with Crippen LogP contribution in [0.15, 0.2) is 55.3 Å². The van der Waals surface area contributed by atoms with E-state index in [1.807, 2.05) is 45.4 Å². The summed E-state index contributed by atoms with van der Waals surface area (Å²) in [5.41, 5.74) is 5.97. The van der Waals surface area contributed by atoms with Crippen LogP contribution in [-0.2, 0) is 28.9 Å². The van der Waals surface area contributed by atoms with E-state index in [0.717, 1.165) is 52.2 Å². The second-order valence-corrected chi connectivity index (χ2v) is 10.6. The summed E-state index contributed by atoms with van der Waals surface area (Å²) >= 11 is 0. The summed E-state index contributed by atoms with van der Waals surface area (Å²) < 4.78 is 28.2. The highest BCUT2D eigenvalue weighted by atomic mass is 19.1. The predicted molar refractivity (Wildman–Crippen MR) is 164 cm³/mol. The summed E-state index contributed by atoms with van der Waals surface area (Å²) in [7, 11) is 7.64. The minimum Gasteiger partial charge on any atom is -0.496 e. The number of amides is 1. The number of hydrogen-bond donors (Lipinski definition) is 1. The number of halogens is 1. The van der Waals surface area contributed by atoms with Gasteiger partial charge in [0.25, 0.3) is 0 Å². The number of nitrogens with one attached hydrogen (secondary N) is 1. The van der Waals surface area contributed by atoms with Crippen molar-refractivity contribution < 1.29 is 18.7 Å². The first-order valence-corrected chi connectivity index (χ1v) is 14.0. The smallest absolute Gasteiger partial charge is 0.247 e. The average molecular weight is 573 g/mol. The van der Waals surface area contributed by atoms with Crippen molar-refractivity contribution in [2.24, 2.45) is 0 Å². The van der Waals surface area contributed by atoms with E-state index in [1.165, 1.54) is 12.1 Å². The number of ether oxygens (including phenoxy) is 2. The van der Waals surface area contributed by atoms with Crippen LogP contribution in [0.5, 0.6) is 5.75 Å². The van der Waals surface area contributed by atoms with Gasteiger partial charge in [0, 0.05) is 79.5 Å². The zero-order valence-electron chi connectivity index (χ0n) is 24.6. The molecule has 0 bridgehead atoms. The third kappa shape index (κ3) is 6.14. The molecule has 0 atom stereocenters. The van der Waals surface area contributed by atoms with Crippen LogP contribution in [0.3, 0.4) is 0 Å². The van der Waals surface area contributed by atoms with Gasteiger partial charge in [0.1, 0.15) is 17.4 Å². The highest BCUT2D eigenvalue weighted by molar-refractivity contribution is 6.01. The van der Waals surface area contributed by atoms with Gasteiger partial charge < -0.3 is 29.2 Å². The summed E-state index contributed by atoms with van der Waals surface area (Å²) in [6.45, 7) is 7.08. The Kier molecular flexibility index (Phi) is 8.84.